The summed E-state index contributed by atoms with van der Waals surface area (Å²) >= 11 is 0. The molecule has 1 aliphatic rings. The summed E-state index contributed by atoms with van der Waals surface area (Å²) in [5.41, 5.74) is 1.06. The maximum Gasteiger partial charge on any atom is 0.270 e. The highest BCUT2D eigenvalue weighted by molar-refractivity contribution is 5.98. The number of hydrogen-bond donors (Lipinski definition) is 1. The number of carbonyl (C=O) groups is 1. The Morgan fingerprint density at radius 1 is 1.38 bits per heavy atom. The number of carbonyl (C=O) groups excluding carboxylic acids is 1. The molecule has 1 fully saturated rings. The minimum Gasteiger partial charge on any atom is -0.376 e. The number of hydrogen-bond acceptors (Lipinski definition) is 3. The summed E-state index contributed by atoms with van der Waals surface area (Å²) in [6, 6.07) is 6.42. The molecule has 1 aromatic heterocycles. The summed E-state index contributed by atoms with van der Waals surface area (Å²) in [6.07, 6.45) is 2.11. The normalized spacial score (nSPS) is 17.8. The molecular weight excluding hydrogens is 309 g/mol. The smallest absolute Gasteiger partial charge is 0.270 e. The predicted molar refractivity (Wildman–Crippen MR) is 91.7 cm³/mol. The van der Waals surface area contributed by atoms with Crippen molar-refractivity contribution < 1.29 is 13.9 Å². The number of likely N-dealkylation sites (N-methyl/N-ethyl adjacent to an activating group) is 1. The van der Waals surface area contributed by atoms with Crippen molar-refractivity contribution >= 4 is 16.8 Å². The van der Waals surface area contributed by atoms with Crippen molar-refractivity contribution in [2.24, 2.45) is 0 Å². The van der Waals surface area contributed by atoms with E-state index in [1.165, 1.54) is 6.07 Å². The monoisotopic (exact) mass is 333 g/mol. The standard InChI is InChI=1S/C18H24FN3O2/c1-21(2)8-9-22(12-13-5-4-10-24-13)18(23)17-11-14-15(19)6-3-7-16(14)20-17/h3,6-7,11,13,20H,4-5,8-10,12H2,1-2H3. The van der Waals surface area contributed by atoms with Gasteiger partial charge in [0.15, 0.2) is 0 Å². The summed E-state index contributed by atoms with van der Waals surface area (Å²) in [7, 11) is 3.96. The Kier molecular flexibility index (Phi) is 5.16. The van der Waals surface area contributed by atoms with E-state index >= 15 is 0 Å². The Labute approximate surface area is 141 Å². The van der Waals surface area contributed by atoms with Gasteiger partial charge in [-0.05, 0) is 45.1 Å². The van der Waals surface area contributed by atoms with E-state index in [2.05, 4.69) is 4.98 Å². The molecule has 1 N–H and O–H groups in total. The fraction of sp³-hybridized carbons (Fsp3) is 0.500. The van der Waals surface area contributed by atoms with E-state index in [1.807, 2.05) is 19.0 Å². The second-order valence-electron chi connectivity index (χ2n) is 6.57. The van der Waals surface area contributed by atoms with Gasteiger partial charge < -0.3 is 19.5 Å². The molecule has 24 heavy (non-hydrogen) atoms. The van der Waals surface area contributed by atoms with Gasteiger partial charge in [-0.3, -0.25) is 4.79 Å². The van der Waals surface area contributed by atoms with E-state index < -0.39 is 0 Å². The molecule has 6 heteroatoms. The number of H-pyrrole nitrogens is 1. The third kappa shape index (κ3) is 3.76. The van der Waals surface area contributed by atoms with E-state index in [9.17, 15) is 9.18 Å². The van der Waals surface area contributed by atoms with E-state index in [-0.39, 0.29) is 17.8 Å². The number of nitrogens with one attached hydrogen (secondary N) is 1. The molecule has 0 saturated carbocycles. The lowest BCUT2D eigenvalue weighted by Gasteiger charge is -2.26. The maximum absolute atomic E-state index is 13.9. The van der Waals surface area contributed by atoms with Gasteiger partial charge in [0, 0.05) is 37.1 Å². The van der Waals surface area contributed by atoms with E-state index in [1.54, 1.807) is 23.1 Å². The Morgan fingerprint density at radius 3 is 2.88 bits per heavy atom. The van der Waals surface area contributed by atoms with Crippen LogP contribution in [0.3, 0.4) is 0 Å². The first-order chi connectivity index (χ1) is 11.5. The van der Waals surface area contributed by atoms with Gasteiger partial charge in [-0.15, -0.1) is 0 Å². The summed E-state index contributed by atoms with van der Waals surface area (Å²) in [4.78, 5) is 19.8. The summed E-state index contributed by atoms with van der Waals surface area (Å²) in [6.45, 7) is 2.72. The largest absolute Gasteiger partial charge is 0.376 e. The van der Waals surface area contributed by atoms with Crippen molar-refractivity contribution in [3.05, 3.63) is 35.8 Å². The van der Waals surface area contributed by atoms with Crippen LogP contribution in [0.2, 0.25) is 0 Å². The van der Waals surface area contributed by atoms with Crippen LogP contribution in [-0.2, 0) is 4.74 Å². The molecule has 1 aromatic carbocycles. The molecule has 0 spiro atoms. The number of ether oxygens (including phenoxy) is 1. The minimum absolute atomic E-state index is 0.0947. The fourth-order valence-electron chi connectivity index (χ4n) is 3.03. The lowest BCUT2D eigenvalue weighted by molar-refractivity contribution is 0.0508. The van der Waals surface area contributed by atoms with Gasteiger partial charge in [0.25, 0.3) is 5.91 Å². The first-order valence-corrected chi connectivity index (χ1v) is 8.37. The zero-order valence-electron chi connectivity index (χ0n) is 14.2. The number of aromatic amines is 1. The van der Waals surface area contributed by atoms with Crippen LogP contribution in [-0.4, -0.2) is 67.1 Å². The molecule has 1 atom stereocenters. The Hall–Kier alpha value is -1.92. The molecule has 5 nitrogen and oxygen atoms in total. The lowest BCUT2D eigenvalue weighted by atomic mass is 10.2. The van der Waals surface area contributed by atoms with Crippen LogP contribution in [0.4, 0.5) is 4.39 Å². The van der Waals surface area contributed by atoms with Gasteiger partial charge in [-0.25, -0.2) is 4.39 Å². The van der Waals surface area contributed by atoms with Gasteiger partial charge in [0.05, 0.1) is 6.10 Å². The van der Waals surface area contributed by atoms with Gasteiger partial charge in [0.1, 0.15) is 11.5 Å². The molecular formula is C18H24FN3O2. The van der Waals surface area contributed by atoms with Crippen LogP contribution in [0.1, 0.15) is 23.3 Å². The maximum atomic E-state index is 13.9. The van der Waals surface area contributed by atoms with E-state index in [0.717, 1.165) is 26.0 Å². The molecule has 0 aliphatic carbocycles. The first-order valence-electron chi connectivity index (χ1n) is 8.37. The molecule has 2 heterocycles. The van der Waals surface area contributed by atoms with Crippen LogP contribution in [0, 0.1) is 5.82 Å². The molecule has 130 valence electrons. The van der Waals surface area contributed by atoms with E-state index in [4.69, 9.17) is 4.74 Å². The molecule has 0 radical (unpaired) electrons. The predicted octanol–water partition coefficient (Wildman–Crippen LogP) is 2.49. The molecule has 1 amide bonds. The zero-order chi connectivity index (χ0) is 17.1. The third-order valence-electron chi connectivity index (χ3n) is 4.39. The highest BCUT2D eigenvalue weighted by Crippen LogP contribution is 2.20. The average molecular weight is 333 g/mol. The number of halogens is 1. The molecule has 3 rings (SSSR count). The number of benzene rings is 1. The van der Waals surface area contributed by atoms with Gasteiger partial charge >= 0.3 is 0 Å². The summed E-state index contributed by atoms with van der Waals surface area (Å²) < 4.78 is 19.6. The molecule has 1 saturated heterocycles. The number of nitrogens with zero attached hydrogens (tertiary/aromatic N) is 2. The third-order valence-corrected chi connectivity index (χ3v) is 4.39. The minimum atomic E-state index is -0.318. The van der Waals surface area contributed by atoms with Crippen molar-refractivity contribution in [3.63, 3.8) is 0 Å². The van der Waals surface area contributed by atoms with Gasteiger partial charge in [-0.1, -0.05) is 6.07 Å². The van der Waals surface area contributed by atoms with Crippen molar-refractivity contribution in [1.82, 2.24) is 14.8 Å². The SMILES string of the molecule is CN(C)CCN(CC1CCCO1)C(=O)c1cc2c(F)cccc2[nH]1. The van der Waals surface area contributed by atoms with Crippen LogP contribution in [0.15, 0.2) is 24.3 Å². The van der Waals surface area contributed by atoms with Gasteiger partial charge in [0.2, 0.25) is 0 Å². The Morgan fingerprint density at radius 2 is 2.21 bits per heavy atom. The first kappa shape index (κ1) is 16.9. The molecule has 1 aliphatic heterocycles. The second-order valence-corrected chi connectivity index (χ2v) is 6.57. The number of rotatable bonds is 6. The van der Waals surface area contributed by atoms with Crippen molar-refractivity contribution in [2.75, 3.05) is 40.3 Å². The quantitative estimate of drug-likeness (QED) is 0.883. The Bertz CT molecular complexity index is 707. The van der Waals surface area contributed by atoms with Crippen LogP contribution in [0.5, 0.6) is 0 Å². The summed E-state index contributed by atoms with van der Waals surface area (Å²) in [5, 5.41) is 0.450. The fourth-order valence-corrected chi connectivity index (χ4v) is 3.03. The molecule has 0 bridgehead atoms. The van der Waals surface area contributed by atoms with E-state index in [0.29, 0.717) is 29.7 Å². The number of amides is 1. The molecule has 2 aromatic rings. The van der Waals surface area contributed by atoms with Crippen LogP contribution < -0.4 is 0 Å². The zero-order valence-corrected chi connectivity index (χ0v) is 14.2. The summed E-state index contributed by atoms with van der Waals surface area (Å²) in [5.74, 6) is -0.426. The van der Waals surface area contributed by atoms with Crippen molar-refractivity contribution in [3.8, 4) is 0 Å². The number of fused-ring (bicyclic) bond motifs is 1. The molecule has 1 unspecified atom stereocenters. The lowest BCUT2D eigenvalue weighted by Crippen LogP contribution is -2.41. The van der Waals surface area contributed by atoms with Crippen LogP contribution in [0.25, 0.3) is 10.9 Å². The number of aromatic nitrogens is 1. The topological polar surface area (TPSA) is 48.6 Å². The second kappa shape index (κ2) is 7.32. The van der Waals surface area contributed by atoms with Crippen molar-refractivity contribution in [1.29, 1.82) is 0 Å². The highest BCUT2D eigenvalue weighted by Gasteiger charge is 2.24. The van der Waals surface area contributed by atoms with Gasteiger partial charge in [-0.2, -0.15) is 0 Å². The van der Waals surface area contributed by atoms with Crippen LogP contribution >= 0.6 is 0 Å². The highest BCUT2D eigenvalue weighted by atomic mass is 19.1. The average Bonchev–Trinajstić information content (AvgIpc) is 3.20. The van der Waals surface area contributed by atoms with Crippen molar-refractivity contribution in [2.45, 2.75) is 18.9 Å². The Balaban J connectivity index is 1.80.